The van der Waals surface area contributed by atoms with E-state index in [4.69, 9.17) is 15.1 Å². The predicted octanol–water partition coefficient (Wildman–Crippen LogP) is 1.79. The van der Waals surface area contributed by atoms with Gasteiger partial charge in [0.15, 0.2) is 0 Å². The van der Waals surface area contributed by atoms with Gasteiger partial charge in [-0.2, -0.15) is 5.26 Å². The number of carboxylic acid groups (broad SMARTS) is 1. The van der Waals surface area contributed by atoms with Crippen molar-refractivity contribution >= 4 is 16.0 Å². The molecule has 0 heterocycles. The van der Waals surface area contributed by atoms with E-state index in [0.29, 0.717) is 6.42 Å². The number of methoxy groups -OCH3 is 1. The molecular weight excluding hydrogens is 344 g/mol. The summed E-state index contributed by atoms with van der Waals surface area (Å²) in [4.78, 5) is 10.7. The fourth-order valence-corrected chi connectivity index (χ4v) is 3.40. The lowest BCUT2D eigenvalue weighted by molar-refractivity contribution is 0.0697. The van der Waals surface area contributed by atoms with Crippen LogP contribution in [0, 0.1) is 11.3 Å². The van der Waals surface area contributed by atoms with Crippen LogP contribution in [-0.2, 0) is 16.4 Å². The van der Waals surface area contributed by atoms with Gasteiger partial charge in [0.1, 0.15) is 10.6 Å². The van der Waals surface area contributed by atoms with Crippen LogP contribution in [-0.4, -0.2) is 33.1 Å². The van der Waals surface area contributed by atoms with Crippen molar-refractivity contribution in [3.05, 3.63) is 59.2 Å². The van der Waals surface area contributed by atoms with Crippen molar-refractivity contribution in [1.29, 1.82) is 5.26 Å². The minimum absolute atomic E-state index is 0.102. The van der Waals surface area contributed by atoms with Gasteiger partial charge in [0.25, 0.3) is 0 Å². The Morgan fingerprint density at radius 1 is 1.24 bits per heavy atom. The molecule has 0 aromatic heterocycles. The summed E-state index contributed by atoms with van der Waals surface area (Å²) in [5.41, 5.74) is 1.18. The molecule has 130 valence electrons. The number of rotatable bonds is 7. The largest absolute Gasteiger partial charge is 0.495 e. The predicted molar refractivity (Wildman–Crippen MR) is 90.0 cm³/mol. The third-order valence-corrected chi connectivity index (χ3v) is 4.97. The van der Waals surface area contributed by atoms with Crippen LogP contribution >= 0.6 is 0 Å². The highest BCUT2D eigenvalue weighted by atomic mass is 32.2. The molecule has 0 aliphatic heterocycles. The van der Waals surface area contributed by atoms with Crippen molar-refractivity contribution in [2.75, 3.05) is 13.7 Å². The van der Waals surface area contributed by atoms with Gasteiger partial charge < -0.3 is 9.84 Å². The molecule has 0 atom stereocenters. The lowest BCUT2D eigenvalue weighted by Gasteiger charge is -2.11. The molecule has 7 nitrogen and oxygen atoms in total. The van der Waals surface area contributed by atoms with E-state index in [1.54, 1.807) is 12.1 Å². The molecule has 25 heavy (non-hydrogen) atoms. The molecule has 0 unspecified atom stereocenters. The Kier molecular flexibility index (Phi) is 5.75. The maximum Gasteiger partial charge on any atom is 0.335 e. The molecule has 0 saturated carbocycles. The number of hydrogen-bond acceptors (Lipinski definition) is 5. The van der Waals surface area contributed by atoms with Crippen LogP contribution in [0.1, 0.15) is 21.5 Å². The lowest BCUT2D eigenvalue weighted by atomic mass is 10.1. The number of ether oxygens (including phenoxy) is 1. The second-order valence-electron chi connectivity index (χ2n) is 5.13. The summed E-state index contributed by atoms with van der Waals surface area (Å²) in [6.45, 7) is 0.120. The monoisotopic (exact) mass is 360 g/mol. The Morgan fingerprint density at radius 3 is 2.48 bits per heavy atom. The lowest BCUT2D eigenvalue weighted by Crippen LogP contribution is -2.26. The summed E-state index contributed by atoms with van der Waals surface area (Å²) in [7, 11) is -2.50. The van der Waals surface area contributed by atoms with Crippen LogP contribution in [0.15, 0.2) is 47.4 Å². The van der Waals surface area contributed by atoms with Crippen LogP contribution in [0.3, 0.4) is 0 Å². The van der Waals surface area contributed by atoms with Crippen LogP contribution in [0.4, 0.5) is 0 Å². The maximum atomic E-state index is 12.4. The van der Waals surface area contributed by atoms with Crippen LogP contribution in [0.2, 0.25) is 0 Å². The zero-order valence-electron chi connectivity index (χ0n) is 13.4. The second kappa shape index (κ2) is 7.79. The maximum absolute atomic E-state index is 12.4. The smallest absolute Gasteiger partial charge is 0.335 e. The van der Waals surface area contributed by atoms with Gasteiger partial charge in [-0.3, -0.25) is 0 Å². The number of benzene rings is 2. The molecule has 2 N–H and O–H groups in total. The molecule has 2 aromatic rings. The first-order valence-electron chi connectivity index (χ1n) is 7.27. The molecule has 0 aliphatic rings. The third kappa shape index (κ3) is 4.56. The van der Waals surface area contributed by atoms with Crippen molar-refractivity contribution < 1.29 is 23.1 Å². The van der Waals surface area contributed by atoms with Gasteiger partial charge in [0.05, 0.1) is 24.3 Å². The number of nitrogens with one attached hydrogen (secondary N) is 1. The van der Waals surface area contributed by atoms with Gasteiger partial charge in [-0.15, -0.1) is 0 Å². The average Bonchev–Trinajstić information content (AvgIpc) is 2.61. The molecule has 2 aromatic carbocycles. The second-order valence-corrected chi connectivity index (χ2v) is 6.86. The van der Waals surface area contributed by atoms with Crippen molar-refractivity contribution in [3.63, 3.8) is 0 Å². The van der Waals surface area contributed by atoms with Gasteiger partial charge in [-0.1, -0.05) is 12.1 Å². The van der Waals surface area contributed by atoms with Gasteiger partial charge in [0.2, 0.25) is 10.0 Å². The van der Waals surface area contributed by atoms with Gasteiger partial charge in [-0.25, -0.2) is 17.9 Å². The number of hydrogen-bond donors (Lipinski definition) is 2. The molecule has 0 bridgehead atoms. The number of carboxylic acids is 1. The fourth-order valence-electron chi connectivity index (χ4n) is 2.18. The van der Waals surface area contributed by atoms with Crippen molar-refractivity contribution in [1.82, 2.24) is 4.72 Å². The van der Waals surface area contributed by atoms with E-state index in [0.717, 1.165) is 5.56 Å². The van der Waals surface area contributed by atoms with Gasteiger partial charge in [0, 0.05) is 6.54 Å². The van der Waals surface area contributed by atoms with E-state index in [1.165, 1.54) is 37.4 Å². The molecule has 0 fully saturated rings. The van der Waals surface area contributed by atoms with E-state index < -0.39 is 16.0 Å². The van der Waals surface area contributed by atoms with E-state index in [9.17, 15) is 13.2 Å². The zero-order valence-corrected chi connectivity index (χ0v) is 14.2. The summed E-state index contributed by atoms with van der Waals surface area (Å²) in [6, 6.07) is 12.2. The first kappa shape index (κ1) is 18.4. The highest BCUT2D eigenvalue weighted by Crippen LogP contribution is 2.24. The topological polar surface area (TPSA) is 116 Å². The van der Waals surface area contributed by atoms with Crippen LogP contribution < -0.4 is 9.46 Å². The van der Waals surface area contributed by atoms with Crippen LogP contribution in [0.25, 0.3) is 0 Å². The normalized spacial score (nSPS) is 10.9. The standard InChI is InChI=1S/C17H16N2O5S/c1-24-15-7-4-13(11-18)10-16(15)25(22,23)19-9-8-12-2-5-14(6-3-12)17(20)21/h2-7,10,19H,8-9H2,1H3,(H,20,21). The highest BCUT2D eigenvalue weighted by molar-refractivity contribution is 7.89. The zero-order chi connectivity index (χ0) is 18.4. The Balaban J connectivity index is 2.09. The summed E-state index contributed by atoms with van der Waals surface area (Å²) < 4.78 is 32.4. The third-order valence-electron chi connectivity index (χ3n) is 3.49. The van der Waals surface area contributed by atoms with E-state index in [-0.39, 0.29) is 28.3 Å². The Labute approximate surface area is 145 Å². The number of aromatic carboxylic acids is 1. The van der Waals surface area contributed by atoms with Crippen molar-refractivity contribution in [2.45, 2.75) is 11.3 Å². The summed E-state index contributed by atoms with van der Waals surface area (Å²) in [5, 5.41) is 17.8. The molecule has 0 amide bonds. The van der Waals surface area contributed by atoms with E-state index in [1.807, 2.05) is 6.07 Å². The van der Waals surface area contributed by atoms with Gasteiger partial charge >= 0.3 is 5.97 Å². The molecular formula is C17H16N2O5S. The first-order valence-corrected chi connectivity index (χ1v) is 8.75. The van der Waals surface area contributed by atoms with E-state index >= 15 is 0 Å². The minimum atomic E-state index is -3.85. The number of carbonyl (C=O) groups is 1. The van der Waals surface area contributed by atoms with Crippen LogP contribution in [0.5, 0.6) is 5.75 Å². The Morgan fingerprint density at radius 2 is 1.92 bits per heavy atom. The Hall–Kier alpha value is -2.89. The SMILES string of the molecule is COc1ccc(C#N)cc1S(=O)(=O)NCCc1ccc(C(=O)O)cc1. The molecule has 8 heteroatoms. The van der Waals surface area contributed by atoms with Gasteiger partial charge in [-0.05, 0) is 42.3 Å². The first-order chi connectivity index (χ1) is 11.9. The quantitative estimate of drug-likeness (QED) is 0.777. The van der Waals surface area contributed by atoms with Crippen molar-refractivity contribution in [2.24, 2.45) is 0 Å². The molecule has 0 aliphatic carbocycles. The number of nitriles is 1. The Bertz CT molecular complexity index is 915. The summed E-state index contributed by atoms with van der Waals surface area (Å²) in [6.07, 6.45) is 0.388. The fraction of sp³-hybridized carbons (Fsp3) is 0.176. The summed E-state index contributed by atoms with van der Waals surface area (Å²) >= 11 is 0. The average molecular weight is 360 g/mol. The molecule has 0 radical (unpaired) electrons. The highest BCUT2D eigenvalue weighted by Gasteiger charge is 2.19. The number of nitrogens with zero attached hydrogens (tertiary/aromatic N) is 1. The minimum Gasteiger partial charge on any atom is -0.495 e. The van der Waals surface area contributed by atoms with E-state index in [2.05, 4.69) is 4.72 Å². The summed E-state index contributed by atoms with van der Waals surface area (Å²) in [5.74, 6) is -0.867. The molecule has 0 saturated heterocycles. The molecule has 2 rings (SSSR count). The van der Waals surface area contributed by atoms with Crippen molar-refractivity contribution in [3.8, 4) is 11.8 Å². The molecule has 0 spiro atoms. The number of sulfonamides is 1.